The van der Waals surface area contributed by atoms with Gasteiger partial charge in [-0.15, -0.1) is 0 Å². The SMILES string of the molecule is Nc1nc2ccccc2n1Cl. The van der Waals surface area contributed by atoms with Crippen LogP contribution in [-0.2, 0) is 0 Å². The van der Waals surface area contributed by atoms with Crippen LogP contribution in [0.3, 0.4) is 0 Å². The van der Waals surface area contributed by atoms with Crippen LogP contribution in [0.15, 0.2) is 24.3 Å². The first-order valence-corrected chi connectivity index (χ1v) is 3.52. The standard InChI is InChI=1S/C7H6ClN3/c8-11-6-4-2-1-3-5(6)10-7(11)9/h1-4H,(H2,9,10). The summed E-state index contributed by atoms with van der Waals surface area (Å²) in [7, 11) is 0. The highest BCUT2D eigenvalue weighted by atomic mass is 35.5. The lowest BCUT2D eigenvalue weighted by Crippen LogP contribution is -1.90. The monoisotopic (exact) mass is 167 g/mol. The molecule has 2 aromatic rings. The smallest absolute Gasteiger partial charge is 0.216 e. The summed E-state index contributed by atoms with van der Waals surface area (Å²) in [6, 6.07) is 7.52. The molecule has 0 unspecified atom stereocenters. The molecule has 1 aromatic heterocycles. The van der Waals surface area contributed by atoms with E-state index < -0.39 is 0 Å². The number of hydrogen-bond acceptors (Lipinski definition) is 2. The topological polar surface area (TPSA) is 43.8 Å². The molecule has 0 saturated carbocycles. The summed E-state index contributed by atoms with van der Waals surface area (Å²) in [6.07, 6.45) is 0. The second-order valence-electron chi connectivity index (χ2n) is 2.24. The largest absolute Gasteiger partial charge is 0.368 e. The molecule has 0 fully saturated rings. The van der Waals surface area contributed by atoms with Crippen LogP contribution in [0.25, 0.3) is 11.0 Å². The molecule has 3 nitrogen and oxygen atoms in total. The maximum atomic E-state index is 5.77. The summed E-state index contributed by atoms with van der Waals surface area (Å²) in [6.45, 7) is 0. The maximum absolute atomic E-state index is 5.77. The van der Waals surface area contributed by atoms with Gasteiger partial charge in [0.25, 0.3) is 0 Å². The van der Waals surface area contributed by atoms with E-state index in [9.17, 15) is 0 Å². The van der Waals surface area contributed by atoms with Gasteiger partial charge in [-0.05, 0) is 12.1 Å². The molecular weight excluding hydrogens is 162 g/mol. The van der Waals surface area contributed by atoms with Crippen molar-refractivity contribution in [2.45, 2.75) is 0 Å². The van der Waals surface area contributed by atoms with Gasteiger partial charge in [0.05, 0.1) is 11.0 Å². The first-order chi connectivity index (χ1) is 5.29. The Bertz CT molecular complexity index is 393. The minimum absolute atomic E-state index is 0.327. The highest BCUT2D eigenvalue weighted by Gasteiger charge is 2.03. The average Bonchev–Trinajstić information content (AvgIpc) is 2.30. The number of hydrogen-bond donors (Lipinski definition) is 1. The molecule has 0 saturated heterocycles. The van der Waals surface area contributed by atoms with Gasteiger partial charge in [0.2, 0.25) is 5.95 Å². The molecule has 1 heterocycles. The zero-order valence-electron chi connectivity index (χ0n) is 5.66. The zero-order valence-corrected chi connectivity index (χ0v) is 6.42. The van der Waals surface area contributed by atoms with Crippen LogP contribution in [0.1, 0.15) is 0 Å². The van der Waals surface area contributed by atoms with Gasteiger partial charge in [-0.25, -0.2) is 9.07 Å². The van der Waals surface area contributed by atoms with Gasteiger partial charge in [0.1, 0.15) is 0 Å². The second kappa shape index (κ2) is 2.13. The van der Waals surface area contributed by atoms with E-state index in [0.29, 0.717) is 5.95 Å². The Balaban J connectivity index is 2.92. The van der Waals surface area contributed by atoms with E-state index in [1.807, 2.05) is 24.3 Å². The molecule has 11 heavy (non-hydrogen) atoms. The molecule has 0 aliphatic heterocycles. The number of benzene rings is 1. The molecule has 0 amide bonds. The Kier molecular flexibility index (Phi) is 1.26. The summed E-state index contributed by atoms with van der Waals surface area (Å²) < 4.78 is 1.34. The van der Waals surface area contributed by atoms with Gasteiger partial charge in [-0.3, -0.25) is 0 Å². The quantitative estimate of drug-likeness (QED) is 0.648. The van der Waals surface area contributed by atoms with E-state index in [1.54, 1.807) is 0 Å². The van der Waals surface area contributed by atoms with E-state index in [1.165, 1.54) is 4.09 Å². The number of halogens is 1. The van der Waals surface area contributed by atoms with Crippen LogP contribution in [-0.4, -0.2) is 9.07 Å². The fourth-order valence-electron chi connectivity index (χ4n) is 1.02. The first-order valence-electron chi connectivity index (χ1n) is 3.18. The Morgan fingerprint density at radius 2 is 2.09 bits per heavy atom. The van der Waals surface area contributed by atoms with Gasteiger partial charge >= 0.3 is 0 Å². The lowest BCUT2D eigenvalue weighted by atomic mass is 10.3. The lowest BCUT2D eigenvalue weighted by Gasteiger charge is -1.89. The molecule has 0 aliphatic rings. The molecule has 0 radical (unpaired) electrons. The van der Waals surface area contributed by atoms with E-state index in [0.717, 1.165) is 11.0 Å². The van der Waals surface area contributed by atoms with Crippen molar-refractivity contribution in [2.75, 3.05) is 5.73 Å². The number of anilines is 1. The molecule has 4 heteroatoms. The van der Waals surface area contributed by atoms with Crippen LogP contribution < -0.4 is 5.73 Å². The first kappa shape index (κ1) is 6.49. The second-order valence-corrected chi connectivity index (χ2v) is 2.58. The Labute approximate surface area is 68.5 Å². The van der Waals surface area contributed by atoms with E-state index in [-0.39, 0.29) is 0 Å². The highest BCUT2D eigenvalue weighted by molar-refractivity contribution is 6.20. The summed E-state index contributed by atoms with van der Waals surface area (Å²) in [5, 5.41) is 0. The molecule has 0 aliphatic carbocycles. The molecule has 0 atom stereocenters. The molecule has 2 rings (SSSR count). The van der Waals surface area contributed by atoms with E-state index in [4.69, 9.17) is 17.5 Å². The number of aromatic nitrogens is 2. The third-order valence-corrected chi connectivity index (χ3v) is 1.88. The third-order valence-electron chi connectivity index (χ3n) is 1.53. The number of nitrogen functional groups attached to an aromatic ring is 1. The van der Waals surface area contributed by atoms with Crippen molar-refractivity contribution in [2.24, 2.45) is 0 Å². The van der Waals surface area contributed by atoms with Crippen molar-refractivity contribution >= 4 is 28.8 Å². The summed E-state index contributed by atoms with van der Waals surface area (Å²) in [5.41, 5.74) is 7.13. The van der Waals surface area contributed by atoms with Crippen molar-refractivity contribution < 1.29 is 0 Å². The Morgan fingerprint density at radius 1 is 1.36 bits per heavy atom. The fourth-order valence-corrected chi connectivity index (χ4v) is 1.20. The minimum Gasteiger partial charge on any atom is -0.368 e. The van der Waals surface area contributed by atoms with Crippen LogP contribution in [0.2, 0.25) is 0 Å². The molecule has 0 bridgehead atoms. The van der Waals surface area contributed by atoms with Crippen LogP contribution in [0.4, 0.5) is 5.95 Å². The molecule has 2 N–H and O–H groups in total. The molecule has 0 spiro atoms. The van der Waals surface area contributed by atoms with Crippen molar-refractivity contribution in [1.82, 2.24) is 9.07 Å². The summed E-state index contributed by atoms with van der Waals surface area (Å²) in [4.78, 5) is 4.02. The molecular formula is C7H6ClN3. The number of fused-ring (bicyclic) bond motifs is 1. The van der Waals surface area contributed by atoms with Gasteiger partial charge in [0, 0.05) is 11.8 Å². The maximum Gasteiger partial charge on any atom is 0.216 e. The third kappa shape index (κ3) is 0.851. The summed E-state index contributed by atoms with van der Waals surface area (Å²) >= 11 is 5.77. The van der Waals surface area contributed by atoms with Gasteiger partial charge in [-0.2, -0.15) is 0 Å². The number of nitrogens with two attached hydrogens (primary N) is 1. The summed E-state index contributed by atoms with van der Waals surface area (Å²) in [5.74, 6) is 0.327. The number of rotatable bonds is 0. The van der Waals surface area contributed by atoms with E-state index >= 15 is 0 Å². The van der Waals surface area contributed by atoms with Crippen LogP contribution in [0, 0.1) is 0 Å². The fraction of sp³-hybridized carbons (Fsp3) is 0. The van der Waals surface area contributed by atoms with Gasteiger partial charge in [0.15, 0.2) is 0 Å². The highest BCUT2D eigenvalue weighted by Crippen LogP contribution is 2.17. The van der Waals surface area contributed by atoms with Crippen LogP contribution in [0.5, 0.6) is 0 Å². The zero-order chi connectivity index (χ0) is 7.84. The Hall–Kier alpha value is -1.22. The predicted octanol–water partition coefficient (Wildman–Crippen LogP) is 1.62. The van der Waals surface area contributed by atoms with Crippen LogP contribution >= 0.6 is 11.8 Å². The van der Waals surface area contributed by atoms with E-state index in [2.05, 4.69) is 4.98 Å². The van der Waals surface area contributed by atoms with Crippen molar-refractivity contribution in [3.8, 4) is 0 Å². The minimum atomic E-state index is 0.327. The predicted molar refractivity (Wildman–Crippen MR) is 45.4 cm³/mol. The van der Waals surface area contributed by atoms with Gasteiger partial charge in [-0.1, -0.05) is 12.1 Å². The Morgan fingerprint density at radius 3 is 2.82 bits per heavy atom. The number of nitrogens with zero attached hydrogens (tertiary/aromatic N) is 2. The average molecular weight is 168 g/mol. The molecule has 56 valence electrons. The normalized spacial score (nSPS) is 10.6. The molecule has 1 aromatic carbocycles. The number of para-hydroxylation sites is 2. The number of imidazole rings is 1. The lowest BCUT2D eigenvalue weighted by molar-refractivity contribution is 1.26. The van der Waals surface area contributed by atoms with Gasteiger partial charge < -0.3 is 5.73 Å². The van der Waals surface area contributed by atoms with Crippen molar-refractivity contribution in [1.29, 1.82) is 0 Å². The van der Waals surface area contributed by atoms with Crippen molar-refractivity contribution in [3.05, 3.63) is 24.3 Å². The van der Waals surface area contributed by atoms with Crippen molar-refractivity contribution in [3.63, 3.8) is 0 Å².